The van der Waals surface area contributed by atoms with Crippen molar-refractivity contribution in [3.05, 3.63) is 0 Å². The van der Waals surface area contributed by atoms with Gasteiger partial charge in [0.15, 0.2) is 9.84 Å². The van der Waals surface area contributed by atoms with Crippen LogP contribution in [-0.2, 0) is 14.6 Å². The van der Waals surface area contributed by atoms with E-state index in [1.54, 1.807) is 0 Å². The predicted octanol–water partition coefficient (Wildman–Crippen LogP) is 0.937. The molecule has 6 heteroatoms. The quantitative estimate of drug-likeness (QED) is 0.696. The zero-order valence-electron chi connectivity index (χ0n) is 12.7. The Morgan fingerprint density at radius 2 is 1.74 bits per heavy atom. The van der Waals surface area contributed by atoms with E-state index >= 15 is 0 Å². The van der Waals surface area contributed by atoms with Gasteiger partial charge >= 0.3 is 0 Å². The second-order valence-corrected chi connectivity index (χ2v) is 8.47. The maximum atomic E-state index is 11.9. The number of carbonyl (C=O) groups excluding carboxylic acids is 1. The number of hydrogen-bond acceptors (Lipinski definition) is 4. The zero-order valence-corrected chi connectivity index (χ0v) is 13.5. The summed E-state index contributed by atoms with van der Waals surface area (Å²) in [5, 5.41) is 2.76. The molecule has 19 heavy (non-hydrogen) atoms. The maximum absolute atomic E-state index is 11.9. The van der Waals surface area contributed by atoms with Crippen LogP contribution in [0.15, 0.2) is 0 Å². The van der Waals surface area contributed by atoms with Gasteiger partial charge in [-0.05, 0) is 25.2 Å². The number of carbonyl (C=O) groups is 1. The van der Waals surface area contributed by atoms with Crippen LogP contribution < -0.4 is 11.1 Å². The van der Waals surface area contributed by atoms with Crippen LogP contribution in [0.1, 0.15) is 41.0 Å². The number of rotatable bonds is 8. The van der Waals surface area contributed by atoms with Crippen LogP contribution in [0.3, 0.4) is 0 Å². The fraction of sp³-hybridized carbons (Fsp3) is 0.923. The molecule has 0 heterocycles. The minimum absolute atomic E-state index is 0.0226. The van der Waals surface area contributed by atoms with Gasteiger partial charge in [0.2, 0.25) is 5.91 Å². The molecule has 0 aromatic carbocycles. The van der Waals surface area contributed by atoms with Gasteiger partial charge in [-0.1, -0.05) is 27.7 Å². The average molecular weight is 292 g/mol. The first kappa shape index (κ1) is 18.4. The fourth-order valence-corrected chi connectivity index (χ4v) is 3.83. The van der Waals surface area contributed by atoms with Crippen LogP contribution in [-0.4, -0.2) is 37.9 Å². The van der Waals surface area contributed by atoms with Gasteiger partial charge in [0.1, 0.15) is 5.75 Å². The van der Waals surface area contributed by atoms with Gasteiger partial charge in [0.25, 0.3) is 0 Å². The van der Waals surface area contributed by atoms with E-state index in [0.717, 1.165) is 6.42 Å². The molecule has 0 aliphatic rings. The number of sulfone groups is 1. The van der Waals surface area contributed by atoms with Gasteiger partial charge in [-0.15, -0.1) is 0 Å². The smallest absolute Gasteiger partial charge is 0.235 e. The summed E-state index contributed by atoms with van der Waals surface area (Å²) in [7, 11) is -3.34. The summed E-state index contributed by atoms with van der Waals surface area (Å²) in [4.78, 5) is 11.9. The van der Waals surface area contributed by atoms with Gasteiger partial charge in [-0.2, -0.15) is 0 Å². The van der Waals surface area contributed by atoms with Crippen LogP contribution in [0, 0.1) is 11.8 Å². The summed E-state index contributed by atoms with van der Waals surface area (Å²) < 4.78 is 23.5. The molecule has 0 aromatic rings. The Labute approximate surface area is 117 Å². The van der Waals surface area contributed by atoms with E-state index in [9.17, 15) is 13.2 Å². The number of nitrogens with two attached hydrogens (primary N) is 1. The molecule has 1 atom stereocenters. The Hall–Kier alpha value is -0.620. The number of nitrogens with one attached hydrogen (secondary N) is 1. The first-order chi connectivity index (χ1) is 8.49. The summed E-state index contributed by atoms with van der Waals surface area (Å²) in [5.74, 6) is -0.493. The lowest BCUT2D eigenvalue weighted by molar-refractivity contribution is -0.120. The molecule has 0 bridgehead atoms. The highest BCUT2D eigenvalue weighted by Gasteiger charge is 2.28. The molecule has 3 N–H and O–H groups in total. The molecule has 0 radical (unpaired) electrons. The van der Waals surface area contributed by atoms with Crippen molar-refractivity contribution in [2.75, 3.05) is 18.1 Å². The summed E-state index contributed by atoms with van der Waals surface area (Å²) in [6, 6.07) is 0. The molecular formula is C13H28N2O3S. The molecule has 0 saturated heterocycles. The van der Waals surface area contributed by atoms with Crippen molar-refractivity contribution in [1.29, 1.82) is 0 Å². The molecule has 0 saturated carbocycles. The lowest BCUT2D eigenvalue weighted by Gasteiger charge is -2.31. The van der Waals surface area contributed by atoms with Crippen molar-refractivity contribution < 1.29 is 13.2 Å². The van der Waals surface area contributed by atoms with Crippen molar-refractivity contribution in [3.63, 3.8) is 0 Å². The van der Waals surface area contributed by atoms with E-state index in [-0.39, 0.29) is 11.7 Å². The predicted molar refractivity (Wildman–Crippen MR) is 78.5 cm³/mol. The first-order valence-electron chi connectivity index (χ1n) is 6.71. The SMILES string of the molecule is CC(C)CC(C)(CN)NC(=O)CS(=O)(=O)CC(C)C. The Kier molecular flexibility index (Phi) is 7.00. The van der Waals surface area contributed by atoms with Crippen molar-refractivity contribution in [3.8, 4) is 0 Å². The molecule has 1 amide bonds. The Balaban J connectivity index is 4.60. The van der Waals surface area contributed by atoms with Gasteiger partial charge in [-0.25, -0.2) is 8.42 Å². The zero-order chi connectivity index (χ0) is 15.3. The third kappa shape index (κ3) is 8.21. The molecule has 0 spiro atoms. The van der Waals surface area contributed by atoms with Gasteiger partial charge in [-0.3, -0.25) is 4.79 Å². The van der Waals surface area contributed by atoms with E-state index in [0.29, 0.717) is 12.5 Å². The topological polar surface area (TPSA) is 89.3 Å². The third-order valence-corrected chi connectivity index (χ3v) is 4.57. The van der Waals surface area contributed by atoms with E-state index in [4.69, 9.17) is 5.73 Å². The van der Waals surface area contributed by atoms with Gasteiger partial charge in [0, 0.05) is 12.1 Å². The van der Waals surface area contributed by atoms with Gasteiger partial charge in [0.05, 0.1) is 5.75 Å². The van der Waals surface area contributed by atoms with Crippen LogP contribution in [0.2, 0.25) is 0 Å². The second-order valence-electron chi connectivity index (χ2n) is 6.36. The van der Waals surface area contributed by atoms with Crippen LogP contribution >= 0.6 is 0 Å². The summed E-state index contributed by atoms with van der Waals surface area (Å²) in [5.41, 5.74) is 5.14. The Bertz CT molecular complexity index is 391. The molecule has 0 rings (SSSR count). The first-order valence-corrected chi connectivity index (χ1v) is 8.53. The minimum Gasteiger partial charge on any atom is -0.349 e. The Morgan fingerprint density at radius 3 is 2.11 bits per heavy atom. The third-order valence-electron chi connectivity index (χ3n) is 2.69. The van der Waals surface area contributed by atoms with Crippen molar-refractivity contribution in [2.45, 2.75) is 46.6 Å². The highest BCUT2D eigenvalue weighted by atomic mass is 32.2. The van der Waals surface area contributed by atoms with Crippen molar-refractivity contribution in [2.24, 2.45) is 17.6 Å². The highest BCUT2D eigenvalue weighted by molar-refractivity contribution is 7.92. The largest absolute Gasteiger partial charge is 0.349 e. The monoisotopic (exact) mass is 292 g/mol. The molecule has 1 unspecified atom stereocenters. The van der Waals surface area contributed by atoms with E-state index in [1.165, 1.54) is 0 Å². The molecule has 0 aromatic heterocycles. The lowest BCUT2D eigenvalue weighted by atomic mass is 9.91. The van der Waals surface area contributed by atoms with Gasteiger partial charge < -0.3 is 11.1 Å². The summed E-state index contributed by atoms with van der Waals surface area (Å²) in [6.07, 6.45) is 0.722. The van der Waals surface area contributed by atoms with Crippen LogP contribution in [0.25, 0.3) is 0 Å². The number of amides is 1. The average Bonchev–Trinajstić information content (AvgIpc) is 2.11. The van der Waals surface area contributed by atoms with Crippen molar-refractivity contribution in [1.82, 2.24) is 5.32 Å². The number of hydrogen-bond donors (Lipinski definition) is 2. The molecule has 0 fully saturated rings. The molecule has 114 valence electrons. The fourth-order valence-electron chi connectivity index (χ4n) is 2.23. The second kappa shape index (κ2) is 7.24. The molecule has 0 aliphatic carbocycles. The van der Waals surface area contributed by atoms with E-state index in [1.807, 2.05) is 34.6 Å². The summed E-state index contributed by atoms with van der Waals surface area (Å²) >= 11 is 0. The van der Waals surface area contributed by atoms with Crippen LogP contribution in [0.4, 0.5) is 0 Å². The minimum atomic E-state index is -3.34. The molecule has 5 nitrogen and oxygen atoms in total. The normalized spacial score (nSPS) is 15.6. The molecule has 0 aliphatic heterocycles. The maximum Gasteiger partial charge on any atom is 0.235 e. The van der Waals surface area contributed by atoms with Crippen molar-refractivity contribution >= 4 is 15.7 Å². The summed E-state index contributed by atoms with van der Waals surface area (Å²) in [6.45, 7) is 9.85. The Morgan fingerprint density at radius 1 is 1.21 bits per heavy atom. The highest BCUT2D eigenvalue weighted by Crippen LogP contribution is 2.15. The lowest BCUT2D eigenvalue weighted by Crippen LogP contribution is -2.53. The van der Waals surface area contributed by atoms with E-state index in [2.05, 4.69) is 5.32 Å². The standard InChI is InChI=1S/C13H28N2O3S/c1-10(2)6-13(5,9-14)15-12(16)8-19(17,18)7-11(3)4/h10-11H,6-9,14H2,1-5H3,(H,15,16). The van der Waals surface area contributed by atoms with Crippen LogP contribution in [0.5, 0.6) is 0 Å². The molecular weight excluding hydrogens is 264 g/mol. The van der Waals surface area contributed by atoms with E-state index < -0.39 is 27.0 Å².